The summed E-state index contributed by atoms with van der Waals surface area (Å²) in [5.41, 5.74) is 0.253. The second-order valence-corrected chi connectivity index (χ2v) is 6.34. The van der Waals surface area contributed by atoms with Crippen molar-refractivity contribution in [2.75, 3.05) is 6.26 Å². The summed E-state index contributed by atoms with van der Waals surface area (Å²) in [5, 5.41) is 9.41. The molecule has 1 aromatic heterocycles. The second-order valence-electron chi connectivity index (χ2n) is 5.19. The highest BCUT2D eigenvalue weighted by Gasteiger charge is 2.18. The van der Waals surface area contributed by atoms with Crippen molar-refractivity contribution in [3.05, 3.63) is 50.5 Å². The normalized spacial score (nSPS) is 10.7. The first-order valence-corrected chi connectivity index (χ1v) is 8.66. The summed E-state index contributed by atoms with van der Waals surface area (Å²) in [4.78, 5) is 16.7. The maximum absolute atomic E-state index is 13.2. The van der Waals surface area contributed by atoms with Crippen LogP contribution in [0.5, 0.6) is 5.88 Å². The van der Waals surface area contributed by atoms with E-state index < -0.39 is 5.82 Å². The van der Waals surface area contributed by atoms with E-state index in [0.717, 1.165) is 6.07 Å². The highest BCUT2D eigenvalue weighted by atomic mass is 35.5. The van der Waals surface area contributed by atoms with E-state index in [1.54, 1.807) is 6.26 Å². The number of thioether (sulfide) groups is 1. The SMILES string of the molecule is CSc1nc(OCc2ccc(F)cc2C#N)c(Cl)c(=O)n1C(C)C. The molecule has 0 N–H and O–H groups in total. The number of nitriles is 1. The lowest BCUT2D eigenvalue weighted by atomic mass is 10.1. The number of hydrogen-bond donors (Lipinski definition) is 0. The first-order chi connectivity index (χ1) is 11.4. The zero-order valence-corrected chi connectivity index (χ0v) is 14.9. The van der Waals surface area contributed by atoms with Gasteiger partial charge >= 0.3 is 0 Å². The van der Waals surface area contributed by atoms with Crippen molar-refractivity contribution in [3.63, 3.8) is 0 Å². The minimum absolute atomic E-state index is 0.00358. The van der Waals surface area contributed by atoms with Gasteiger partial charge in [-0.3, -0.25) is 9.36 Å². The van der Waals surface area contributed by atoms with Crippen molar-refractivity contribution < 1.29 is 9.13 Å². The number of hydrogen-bond acceptors (Lipinski definition) is 5. The van der Waals surface area contributed by atoms with E-state index >= 15 is 0 Å². The molecule has 24 heavy (non-hydrogen) atoms. The predicted molar refractivity (Wildman–Crippen MR) is 91.1 cm³/mol. The molecule has 126 valence electrons. The quantitative estimate of drug-likeness (QED) is 0.594. The summed E-state index contributed by atoms with van der Waals surface area (Å²) in [6.07, 6.45) is 1.80. The fourth-order valence-corrected chi connectivity index (χ4v) is 2.95. The molecule has 2 rings (SSSR count). The molecule has 0 aliphatic rings. The Morgan fingerprint density at radius 1 is 1.50 bits per heavy atom. The maximum Gasteiger partial charge on any atom is 0.277 e. The van der Waals surface area contributed by atoms with Crippen LogP contribution in [0.25, 0.3) is 0 Å². The van der Waals surface area contributed by atoms with E-state index in [4.69, 9.17) is 21.6 Å². The molecule has 0 saturated heterocycles. The zero-order chi connectivity index (χ0) is 17.9. The van der Waals surface area contributed by atoms with E-state index in [0.29, 0.717) is 10.7 Å². The third-order valence-corrected chi connectivity index (χ3v) is 4.23. The summed E-state index contributed by atoms with van der Waals surface area (Å²) >= 11 is 7.38. The standard InChI is InChI=1S/C16H15ClFN3O2S/c1-9(2)21-15(22)13(17)14(20-16(21)24-3)23-8-10-4-5-12(18)6-11(10)7-19/h4-6,9H,8H2,1-3H3. The molecule has 2 aromatic rings. The number of nitrogens with zero attached hydrogens (tertiary/aromatic N) is 3. The molecule has 0 radical (unpaired) electrons. The fraction of sp³-hybridized carbons (Fsp3) is 0.312. The third-order valence-electron chi connectivity index (χ3n) is 3.25. The average Bonchev–Trinajstić information content (AvgIpc) is 2.56. The molecule has 0 aliphatic carbocycles. The van der Waals surface area contributed by atoms with Crippen LogP contribution in [0, 0.1) is 17.1 Å². The number of aromatic nitrogens is 2. The number of rotatable bonds is 5. The molecule has 0 amide bonds. The summed E-state index contributed by atoms with van der Waals surface area (Å²) in [6, 6.07) is 5.61. The first kappa shape index (κ1) is 18.3. The molecule has 0 spiro atoms. The Morgan fingerprint density at radius 3 is 2.79 bits per heavy atom. The number of halogens is 2. The molecule has 0 unspecified atom stereocenters. The van der Waals surface area contributed by atoms with Gasteiger partial charge in [-0.05, 0) is 32.2 Å². The van der Waals surface area contributed by atoms with E-state index in [9.17, 15) is 9.18 Å². The van der Waals surface area contributed by atoms with E-state index in [1.165, 1.54) is 28.5 Å². The summed E-state index contributed by atoms with van der Waals surface area (Å²) in [7, 11) is 0. The van der Waals surface area contributed by atoms with Gasteiger partial charge in [0.05, 0.1) is 11.6 Å². The lowest BCUT2D eigenvalue weighted by Crippen LogP contribution is -2.26. The van der Waals surface area contributed by atoms with Gasteiger partial charge < -0.3 is 4.74 Å². The van der Waals surface area contributed by atoms with Crippen molar-refractivity contribution in [2.24, 2.45) is 0 Å². The molecule has 8 heteroatoms. The molecule has 0 bridgehead atoms. The molecule has 0 saturated carbocycles. The van der Waals surface area contributed by atoms with Crippen LogP contribution in [-0.4, -0.2) is 15.8 Å². The summed E-state index contributed by atoms with van der Waals surface area (Å²) in [5.74, 6) is -0.508. The molecule has 0 fully saturated rings. The van der Waals surface area contributed by atoms with Gasteiger partial charge in [0.25, 0.3) is 5.56 Å². The monoisotopic (exact) mass is 367 g/mol. The van der Waals surface area contributed by atoms with E-state index in [1.807, 2.05) is 19.9 Å². The summed E-state index contributed by atoms with van der Waals surface area (Å²) < 4.78 is 20.2. The predicted octanol–water partition coefficient (Wildman–Crippen LogP) is 3.79. The van der Waals surface area contributed by atoms with Crippen LogP contribution < -0.4 is 10.3 Å². The molecule has 0 atom stereocenters. The first-order valence-electron chi connectivity index (χ1n) is 7.06. The van der Waals surface area contributed by atoms with Crippen LogP contribution in [0.15, 0.2) is 28.2 Å². The van der Waals surface area contributed by atoms with Crippen LogP contribution in [-0.2, 0) is 6.61 Å². The minimum atomic E-state index is -0.504. The molecule has 1 aromatic carbocycles. The zero-order valence-electron chi connectivity index (χ0n) is 13.3. The second kappa shape index (κ2) is 7.69. The Kier molecular flexibility index (Phi) is 5.86. The van der Waals surface area contributed by atoms with Crippen LogP contribution in [0.4, 0.5) is 4.39 Å². The Hall–Kier alpha value is -2.04. The van der Waals surface area contributed by atoms with Gasteiger partial charge in [-0.2, -0.15) is 10.2 Å². The maximum atomic E-state index is 13.2. The van der Waals surface area contributed by atoms with Gasteiger partial charge in [0, 0.05) is 11.6 Å². The van der Waals surface area contributed by atoms with E-state index in [2.05, 4.69) is 4.98 Å². The van der Waals surface area contributed by atoms with Crippen molar-refractivity contribution in [2.45, 2.75) is 31.7 Å². The number of benzene rings is 1. The highest BCUT2D eigenvalue weighted by Crippen LogP contribution is 2.25. The smallest absolute Gasteiger partial charge is 0.277 e. The largest absolute Gasteiger partial charge is 0.471 e. The van der Waals surface area contributed by atoms with Gasteiger partial charge in [0.2, 0.25) is 5.88 Å². The lowest BCUT2D eigenvalue weighted by Gasteiger charge is -2.16. The summed E-state index contributed by atoms with van der Waals surface area (Å²) in [6.45, 7) is 3.67. The molecular formula is C16H15ClFN3O2S. The topological polar surface area (TPSA) is 67.9 Å². The Morgan fingerprint density at radius 2 is 2.21 bits per heavy atom. The average molecular weight is 368 g/mol. The Labute approximate surface area is 148 Å². The van der Waals surface area contributed by atoms with Crippen molar-refractivity contribution in [1.82, 2.24) is 9.55 Å². The van der Waals surface area contributed by atoms with Gasteiger partial charge in [0.15, 0.2) is 10.2 Å². The molecule has 1 heterocycles. The highest BCUT2D eigenvalue weighted by molar-refractivity contribution is 7.98. The fourth-order valence-electron chi connectivity index (χ4n) is 2.09. The molecule has 0 aliphatic heterocycles. The van der Waals surface area contributed by atoms with E-state index in [-0.39, 0.29) is 34.7 Å². The Bertz CT molecular complexity index is 862. The van der Waals surface area contributed by atoms with Crippen molar-refractivity contribution >= 4 is 23.4 Å². The van der Waals surface area contributed by atoms with Gasteiger partial charge in [-0.1, -0.05) is 29.4 Å². The van der Waals surface area contributed by atoms with Gasteiger partial charge in [-0.15, -0.1) is 0 Å². The van der Waals surface area contributed by atoms with Gasteiger partial charge in [-0.25, -0.2) is 4.39 Å². The van der Waals surface area contributed by atoms with Crippen molar-refractivity contribution in [1.29, 1.82) is 5.26 Å². The molecular weight excluding hydrogens is 353 g/mol. The Balaban J connectivity index is 2.37. The van der Waals surface area contributed by atoms with Crippen LogP contribution in [0.1, 0.15) is 31.0 Å². The minimum Gasteiger partial charge on any atom is -0.471 e. The van der Waals surface area contributed by atoms with Crippen LogP contribution >= 0.6 is 23.4 Å². The lowest BCUT2D eigenvalue weighted by molar-refractivity contribution is 0.286. The van der Waals surface area contributed by atoms with Gasteiger partial charge in [0.1, 0.15) is 12.4 Å². The van der Waals surface area contributed by atoms with Crippen LogP contribution in [0.2, 0.25) is 5.02 Å². The number of ether oxygens (including phenoxy) is 1. The molecule has 5 nitrogen and oxygen atoms in total. The van der Waals surface area contributed by atoms with Crippen LogP contribution in [0.3, 0.4) is 0 Å². The van der Waals surface area contributed by atoms with Crippen molar-refractivity contribution in [3.8, 4) is 11.9 Å². The third kappa shape index (κ3) is 3.71.